The molecule has 0 bridgehead atoms. The second kappa shape index (κ2) is 8.71. The Morgan fingerprint density at radius 1 is 1.29 bits per heavy atom. The lowest BCUT2D eigenvalue weighted by molar-refractivity contribution is -0.127. The van der Waals surface area contributed by atoms with Crippen LogP contribution in [0.1, 0.15) is 56.2 Å². The van der Waals surface area contributed by atoms with Gasteiger partial charge in [-0.25, -0.2) is 14.2 Å². The van der Waals surface area contributed by atoms with Crippen LogP contribution in [0.15, 0.2) is 34.8 Å². The van der Waals surface area contributed by atoms with Gasteiger partial charge in [-0.3, -0.25) is 0 Å². The Kier molecular flexibility index (Phi) is 6.35. The van der Waals surface area contributed by atoms with Crippen LogP contribution < -0.4 is 5.32 Å². The van der Waals surface area contributed by atoms with E-state index in [0.29, 0.717) is 16.9 Å². The topological polar surface area (TPSA) is 56.1 Å². The van der Waals surface area contributed by atoms with Crippen LogP contribution in [-0.4, -0.2) is 27.4 Å². The Hall–Kier alpha value is -2.33. The van der Waals surface area contributed by atoms with Crippen LogP contribution >= 0.6 is 27.5 Å². The fraction of sp³-hybridized carbons (Fsp3) is 0.391. The van der Waals surface area contributed by atoms with Gasteiger partial charge in [0.25, 0.3) is 0 Å². The molecule has 2 atom stereocenters. The Labute approximate surface area is 206 Å². The summed E-state index contributed by atoms with van der Waals surface area (Å²) in [5, 5.41) is 2.92. The van der Waals surface area contributed by atoms with Crippen LogP contribution in [-0.2, 0) is 11.2 Å². The van der Waals surface area contributed by atoms with Gasteiger partial charge in [0.1, 0.15) is 17.2 Å². The van der Waals surface area contributed by atoms with Crippen LogP contribution in [0.25, 0.3) is 11.0 Å². The number of nitrogens with one attached hydrogen (secondary N) is 1. The van der Waals surface area contributed by atoms with Gasteiger partial charge in [0.15, 0.2) is 0 Å². The van der Waals surface area contributed by atoms with Gasteiger partial charge in [0.2, 0.25) is 0 Å². The zero-order chi connectivity index (χ0) is 25.0. The van der Waals surface area contributed by atoms with E-state index < -0.39 is 42.2 Å². The smallest absolute Gasteiger partial charge is 0.408 e. The van der Waals surface area contributed by atoms with Crippen molar-refractivity contribution in [3.63, 3.8) is 0 Å². The average molecular weight is 563 g/mol. The third-order valence-corrected chi connectivity index (χ3v) is 6.34. The number of hydrogen-bond acceptors (Lipinski definition) is 3. The summed E-state index contributed by atoms with van der Waals surface area (Å²) < 4.78 is 61.5. The van der Waals surface area contributed by atoms with E-state index in [9.17, 15) is 22.4 Å². The lowest BCUT2D eigenvalue weighted by atomic mass is 9.95. The number of rotatable bonds is 3. The van der Waals surface area contributed by atoms with Gasteiger partial charge in [-0.2, -0.15) is 13.2 Å². The molecule has 1 aromatic heterocycles. The van der Waals surface area contributed by atoms with Crippen molar-refractivity contribution in [3.8, 4) is 0 Å². The molecule has 0 saturated carbocycles. The zero-order valence-corrected chi connectivity index (χ0v) is 20.8. The van der Waals surface area contributed by atoms with Crippen molar-refractivity contribution in [2.24, 2.45) is 0 Å². The molecule has 182 valence electrons. The van der Waals surface area contributed by atoms with Gasteiger partial charge in [-0.1, -0.05) is 23.7 Å². The largest absolute Gasteiger partial charge is 0.444 e. The summed E-state index contributed by atoms with van der Waals surface area (Å²) in [5.74, 6) is -0.158. The first-order valence-corrected chi connectivity index (χ1v) is 11.6. The molecule has 0 saturated heterocycles. The van der Waals surface area contributed by atoms with Crippen LogP contribution in [0.2, 0.25) is 5.02 Å². The number of carbonyl (C=O) groups excluding carboxylic acids is 1. The van der Waals surface area contributed by atoms with Gasteiger partial charge >= 0.3 is 12.3 Å². The quantitative estimate of drug-likeness (QED) is 0.342. The lowest BCUT2D eigenvalue weighted by Crippen LogP contribution is -2.34. The number of carbonyl (C=O) groups is 1. The molecular formula is C23H21BrClF4N3O2. The first-order chi connectivity index (χ1) is 15.7. The van der Waals surface area contributed by atoms with E-state index in [1.165, 1.54) is 30.3 Å². The minimum absolute atomic E-state index is 0.0249. The predicted molar refractivity (Wildman–Crippen MR) is 123 cm³/mol. The number of halogens is 6. The van der Waals surface area contributed by atoms with E-state index in [2.05, 4.69) is 26.2 Å². The maximum atomic E-state index is 14.2. The Balaban J connectivity index is 1.85. The summed E-state index contributed by atoms with van der Waals surface area (Å²) in [4.78, 5) is 17.0. The number of imidazole rings is 1. The summed E-state index contributed by atoms with van der Waals surface area (Å²) in [6.07, 6.45) is -6.11. The summed E-state index contributed by atoms with van der Waals surface area (Å²) in [5.41, 5.74) is 0.368. The maximum absolute atomic E-state index is 14.2. The first kappa shape index (κ1) is 24.8. The number of amides is 1. The summed E-state index contributed by atoms with van der Waals surface area (Å²) in [6, 6.07) is 5.77. The zero-order valence-electron chi connectivity index (χ0n) is 18.4. The van der Waals surface area contributed by atoms with Gasteiger partial charge in [0, 0.05) is 11.1 Å². The molecule has 4 rings (SSSR count). The number of ether oxygens (including phenoxy) is 1. The molecule has 34 heavy (non-hydrogen) atoms. The van der Waals surface area contributed by atoms with Gasteiger partial charge in [-0.15, -0.1) is 0 Å². The number of aromatic nitrogens is 2. The Bertz CT molecular complexity index is 1270. The fourth-order valence-corrected chi connectivity index (χ4v) is 4.91. The van der Waals surface area contributed by atoms with Crippen molar-refractivity contribution < 1.29 is 27.1 Å². The molecule has 0 fully saturated rings. The van der Waals surface area contributed by atoms with E-state index >= 15 is 0 Å². The monoisotopic (exact) mass is 561 g/mol. The molecular weight excluding hydrogens is 542 g/mol. The Morgan fingerprint density at radius 2 is 2.00 bits per heavy atom. The van der Waals surface area contributed by atoms with Crippen LogP contribution in [0.3, 0.4) is 0 Å². The molecule has 1 N–H and O–H groups in total. The summed E-state index contributed by atoms with van der Waals surface area (Å²) in [6.45, 7) is 5.15. The Morgan fingerprint density at radius 3 is 2.65 bits per heavy atom. The number of alkyl carbamates (subject to hydrolysis) is 1. The molecule has 3 aromatic rings. The molecule has 0 aliphatic carbocycles. The van der Waals surface area contributed by atoms with E-state index in [1.807, 2.05) is 0 Å². The molecule has 1 aliphatic rings. The number of fused-ring (bicyclic) bond motifs is 3. The SMILES string of the molecule is CC(C)(C)OC(=O)NC1C[C@H](c2c(Cl)cccc2CC(F)(F)F)n2c1nc1cc(F)c(Br)cc12. The minimum atomic E-state index is -4.45. The minimum Gasteiger partial charge on any atom is -0.444 e. The van der Waals surface area contributed by atoms with Gasteiger partial charge < -0.3 is 14.6 Å². The average Bonchev–Trinajstić information content (AvgIpc) is 3.17. The summed E-state index contributed by atoms with van der Waals surface area (Å²) in [7, 11) is 0. The number of hydrogen-bond donors (Lipinski definition) is 1. The molecule has 11 heteroatoms. The van der Waals surface area contributed by atoms with E-state index in [4.69, 9.17) is 16.3 Å². The number of alkyl halides is 3. The summed E-state index contributed by atoms with van der Waals surface area (Å²) >= 11 is 9.60. The number of benzene rings is 2. The highest BCUT2D eigenvalue weighted by Crippen LogP contribution is 2.45. The molecule has 2 heterocycles. The molecule has 1 aliphatic heterocycles. The van der Waals surface area contributed by atoms with Crippen LogP contribution in [0.5, 0.6) is 0 Å². The molecule has 2 aromatic carbocycles. The highest BCUT2D eigenvalue weighted by Gasteiger charge is 2.40. The second-order valence-electron chi connectivity index (χ2n) is 9.15. The third-order valence-electron chi connectivity index (χ3n) is 5.40. The van der Waals surface area contributed by atoms with Crippen LogP contribution in [0.4, 0.5) is 22.4 Å². The highest BCUT2D eigenvalue weighted by molar-refractivity contribution is 9.10. The van der Waals surface area contributed by atoms with Crippen molar-refractivity contribution >= 4 is 44.7 Å². The molecule has 1 unspecified atom stereocenters. The van der Waals surface area contributed by atoms with E-state index in [-0.39, 0.29) is 27.0 Å². The second-order valence-corrected chi connectivity index (χ2v) is 10.4. The molecule has 5 nitrogen and oxygen atoms in total. The standard InChI is InChI=1S/C23H21BrClF4N3O2/c1-22(2,3)34-21(33)31-16-9-18(19-11(10-23(27,28)29)5-4-6-13(19)25)32-17-7-12(24)14(26)8-15(17)30-20(16)32/h4-8,16,18H,9-10H2,1-3H3,(H,31,33)/t16?,18-/m1/s1. The van der Waals surface area contributed by atoms with Gasteiger partial charge in [0.05, 0.1) is 34.0 Å². The molecule has 0 radical (unpaired) electrons. The number of nitrogens with zero attached hydrogens (tertiary/aromatic N) is 2. The lowest BCUT2D eigenvalue weighted by Gasteiger charge is -2.22. The predicted octanol–water partition coefficient (Wildman–Crippen LogP) is 7.26. The van der Waals surface area contributed by atoms with Crippen molar-refractivity contribution in [1.82, 2.24) is 14.9 Å². The first-order valence-electron chi connectivity index (χ1n) is 10.4. The van der Waals surface area contributed by atoms with E-state index in [0.717, 1.165) is 0 Å². The van der Waals surface area contributed by atoms with Crippen molar-refractivity contribution in [2.45, 2.75) is 57.5 Å². The van der Waals surface area contributed by atoms with Crippen molar-refractivity contribution in [2.75, 3.05) is 0 Å². The normalized spacial score (nSPS) is 18.3. The third kappa shape index (κ3) is 5.02. The van der Waals surface area contributed by atoms with Gasteiger partial charge in [-0.05, 0) is 66.4 Å². The highest BCUT2D eigenvalue weighted by atomic mass is 79.9. The molecule has 1 amide bonds. The van der Waals surface area contributed by atoms with Crippen molar-refractivity contribution in [3.05, 3.63) is 62.6 Å². The van der Waals surface area contributed by atoms with Crippen LogP contribution in [0, 0.1) is 5.82 Å². The fourth-order valence-electron chi connectivity index (χ4n) is 4.26. The van der Waals surface area contributed by atoms with Crippen molar-refractivity contribution in [1.29, 1.82) is 0 Å². The maximum Gasteiger partial charge on any atom is 0.408 e. The van der Waals surface area contributed by atoms with E-state index in [1.54, 1.807) is 25.3 Å². The molecule has 0 spiro atoms.